The quantitative estimate of drug-likeness (QED) is 0.806. The van der Waals surface area contributed by atoms with Gasteiger partial charge in [0.05, 0.1) is 5.75 Å². The van der Waals surface area contributed by atoms with Gasteiger partial charge in [-0.1, -0.05) is 33.6 Å². The van der Waals surface area contributed by atoms with Gasteiger partial charge in [-0.05, 0) is 24.0 Å². The molecule has 0 aromatic rings. The third kappa shape index (κ3) is 3.64. The van der Waals surface area contributed by atoms with E-state index in [0.29, 0.717) is 17.4 Å². The summed E-state index contributed by atoms with van der Waals surface area (Å²) in [7, 11) is 0. The van der Waals surface area contributed by atoms with E-state index in [9.17, 15) is 14.7 Å². The molecule has 1 rings (SSSR count). The van der Waals surface area contributed by atoms with E-state index in [2.05, 4.69) is 5.32 Å². The fourth-order valence-corrected chi connectivity index (χ4v) is 2.99. The molecule has 1 fully saturated rings. The van der Waals surface area contributed by atoms with Crippen molar-refractivity contribution in [2.75, 3.05) is 5.75 Å². The van der Waals surface area contributed by atoms with Crippen molar-refractivity contribution >= 4 is 23.6 Å². The Hall–Kier alpha value is -0.710. The number of nitrogens with one attached hydrogen (secondary N) is 1. The van der Waals surface area contributed by atoms with Gasteiger partial charge in [-0.15, -0.1) is 11.8 Å². The summed E-state index contributed by atoms with van der Waals surface area (Å²) in [6.45, 7) is 5.96. The predicted molar refractivity (Wildman–Crippen MR) is 73.7 cm³/mol. The molecule has 0 aromatic heterocycles. The second kappa shape index (κ2) is 6.45. The third-order valence-corrected chi connectivity index (χ3v) is 4.69. The van der Waals surface area contributed by atoms with E-state index in [0.717, 1.165) is 19.3 Å². The number of hydrogen-bond acceptors (Lipinski definition) is 3. The molecule has 1 amide bonds. The summed E-state index contributed by atoms with van der Waals surface area (Å²) in [6, 6.07) is 0. The molecule has 0 aliphatic heterocycles. The number of aliphatic carboxylic acids is 1. The van der Waals surface area contributed by atoms with Gasteiger partial charge in [0.15, 0.2) is 0 Å². The summed E-state index contributed by atoms with van der Waals surface area (Å²) in [6.07, 6.45) is 3.33. The van der Waals surface area contributed by atoms with Crippen molar-refractivity contribution < 1.29 is 14.7 Å². The second-order valence-electron chi connectivity index (χ2n) is 5.33. The molecule has 1 aliphatic rings. The Bertz CT molecular complexity index is 319. The summed E-state index contributed by atoms with van der Waals surface area (Å²) in [5, 5.41) is 12.6. The van der Waals surface area contributed by atoms with Gasteiger partial charge in [0.1, 0.15) is 5.54 Å². The number of carbonyl (C=O) groups is 2. The first-order valence-electron chi connectivity index (χ1n) is 6.54. The lowest BCUT2D eigenvalue weighted by Crippen LogP contribution is -2.60. The molecule has 2 atom stereocenters. The average molecular weight is 273 g/mol. The number of carboxylic acid groups (broad SMARTS) is 1. The van der Waals surface area contributed by atoms with Gasteiger partial charge in [0.25, 0.3) is 0 Å². The van der Waals surface area contributed by atoms with E-state index in [1.54, 1.807) is 0 Å². The van der Waals surface area contributed by atoms with Gasteiger partial charge in [0, 0.05) is 0 Å². The van der Waals surface area contributed by atoms with Crippen LogP contribution in [-0.2, 0) is 9.59 Å². The van der Waals surface area contributed by atoms with Gasteiger partial charge in [-0.3, -0.25) is 4.79 Å². The topological polar surface area (TPSA) is 66.4 Å². The van der Waals surface area contributed by atoms with Crippen LogP contribution in [0.3, 0.4) is 0 Å². The van der Waals surface area contributed by atoms with Crippen molar-refractivity contribution in [1.82, 2.24) is 5.32 Å². The van der Waals surface area contributed by atoms with Gasteiger partial charge < -0.3 is 10.4 Å². The highest BCUT2D eigenvalue weighted by atomic mass is 32.2. The van der Waals surface area contributed by atoms with Crippen molar-refractivity contribution in [2.45, 2.75) is 57.2 Å². The molecule has 0 saturated heterocycles. The molecule has 5 heteroatoms. The minimum atomic E-state index is -1.05. The first-order valence-corrected chi connectivity index (χ1v) is 7.59. The highest BCUT2D eigenvalue weighted by Crippen LogP contribution is 2.34. The van der Waals surface area contributed by atoms with Crippen LogP contribution in [0, 0.1) is 5.92 Å². The smallest absolute Gasteiger partial charge is 0.329 e. The van der Waals surface area contributed by atoms with E-state index in [1.165, 1.54) is 11.8 Å². The Morgan fingerprint density at radius 2 is 2.11 bits per heavy atom. The molecule has 0 aromatic carbocycles. The lowest BCUT2D eigenvalue weighted by molar-refractivity contribution is -0.151. The molecule has 1 saturated carbocycles. The Morgan fingerprint density at radius 3 is 2.61 bits per heavy atom. The van der Waals surface area contributed by atoms with Crippen LogP contribution in [0.15, 0.2) is 0 Å². The first kappa shape index (κ1) is 15.3. The van der Waals surface area contributed by atoms with Crippen LogP contribution < -0.4 is 5.32 Å². The number of thioether (sulfide) groups is 1. The maximum atomic E-state index is 11.9. The number of carboxylic acids is 1. The van der Waals surface area contributed by atoms with Crippen LogP contribution >= 0.6 is 11.8 Å². The Morgan fingerprint density at radius 1 is 1.44 bits per heavy atom. The van der Waals surface area contributed by atoms with Crippen LogP contribution in [-0.4, -0.2) is 33.5 Å². The summed E-state index contributed by atoms with van der Waals surface area (Å²) < 4.78 is 0. The Kier molecular flexibility index (Phi) is 5.50. The van der Waals surface area contributed by atoms with Gasteiger partial charge >= 0.3 is 5.97 Å². The molecular weight excluding hydrogens is 250 g/mol. The van der Waals surface area contributed by atoms with Gasteiger partial charge in [-0.2, -0.15) is 0 Å². The molecule has 0 radical (unpaired) electrons. The summed E-state index contributed by atoms with van der Waals surface area (Å²) in [4.78, 5) is 23.4. The molecule has 2 unspecified atom stereocenters. The van der Waals surface area contributed by atoms with Crippen LogP contribution in [0.5, 0.6) is 0 Å². The molecule has 104 valence electrons. The number of hydrogen-bond donors (Lipinski definition) is 2. The standard InChI is InChI=1S/C13H23NO3S/c1-9(2)18-8-11(15)14-13(12(16)17)7-5-4-6-10(13)3/h9-10H,4-8H2,1-3H3,(H,14,15)(H,16,17). The van der Waals surface area contributed by atoms with Gasteiger partial charge in [-0.25, -0.2) is 4.79 Å². The zero-order valence-electron chi connectivity index (χ0n) is 11.4. The maximum absolute atomic E-state index is 11.9. The third-order valence-electron chi connectivity index (χ3n) is 3.59. The zero-order valence-corrected chi connectivity index (χ0v) is 12.2. The summed E-state index contributed by atoms with van der Waals surface area (Å²) >= 11 is 1.53. The van der Waals surface area contributed by atoms with Crippen molar-refractivity contribution in [3.05, 3.63) is 0 Å². The number of rotatable bonds is 5. The fourth-order valence-electron chi connectivity index (χ4n) is 2.43. The zero-order chi connectivity index (χ0) is 13.8. The molecule has 0 heterocycles. The first-order chi connectivity index (χ1) is 8.38. The molecule has 1 aliphatic carbocycles. The summed E-state index contributed by atoms with van der Waals surface area (Å²) in [5.74, 6) is -0.724. The molecule has 0 spiro atoms. The van der Waals surface area contributed by atoms with E-state index in [4.69, 9.17) is 0 Å². The lowest BCUT2D eigenvalue weighted by atomic mass is 9.73. The highest BCUT2D eigenvalue weighted by molar-refractivity contribution is 8.00. The lowest BCUT2D eigenvalue weighted by Gasteiger charge is -2.39. The molecule has 2 N–H and O–H groups in total. The number of carbonyl (C=O) groups excluding carboxylic acids is 1. The van der Waals surface area contributed by atoms with E-state index in [1.807, 2.05) is 20.8 Å². The molecular formula is C13H23NO3S. The Labute approximate surface area is 113 Å². The van der Waals surface area contributed by atoms with E-state index >= 15 is 0 Å². The minimum Gasteiger partial charge on any atom is -0.479 e. The predicted octanol–water partition coefficient (Wildman–Crippen LogP) is 2.28. The van der Waals surface area contributed by atoms with Crippen LogP contribution in [0.25, 0.3) is 0 Å². The second-order valence-corrected chi connectivity index (χ2v) is 6.90. The maximum Gasteiger partial charge on any atom is 0.329 e. The molecule has 18 heavy (non-hydrogen) atoms. The largest absolute Gasteiger partial charge is 0.479 e. The SMILES string of the molecule is CC(C)SCC(=O)NC1(C(=O)O)CCCCC1C. The molecule has 4 nitrogen and oxygen atoms in total. The van der Waals surface area contributed by atoms with Crippen molar-refractivity contribution in [2.24, 2.45) is 5.92 Å². The monoisotopic (exact) mass is 273 g/mol. The minimum absolute atomic E-state index is 0.00301. The van der Waals surface area contributed by atoms with Crippen molar-refractivity contribution in [1.29, 1.82) is 0 Å². The van der Waals surface area contributed by atoms with E-state index < -0.39 is 11.5 Å². The van der Waals surface area contributed by atoms with Crippen LogP contribution in [0.4, 0.5) is 0 Å². The van der Waals surface area contributed by atoms with Crippen molar-refractivity contribution in [3.63, 3.8) is 0 Å². The van der Waals surface area contributed by atoms with Crippen LogP contribution in [0.2, 0.25) is 0 Å². The average Bonchev–Trinajstić information content (AvgIpc) is 2.29. The Balaban J connectivity index is 2.68. The summed E-state index contributed by atoms with van der Waals surface area (Å²) in [5.41, 5.74) is -1.05. The number of amides is 1. The van der Waals surface area contributed by atoms with Gasteiger partial charge in [0.2, 0.25) is 5.91 Å². The van der Waals surface area contributed by atoms with Crippen molar-refractivity contribution in [3.8, 4) is 0 Å². The molecule has 0 bridgehead atoms. The van der Waals surface area contributed by atoms with Crippen LogP contribution in [0.1, 0.15) is 46.5 Å². The highest BCUT2D eigenvalue weighted by Gasteiger charge is 2.46. The fraction of sp³-hybridized carbons (Fsp3) is 0.846. The normalized spacial score (nSPS) is 28.1. The van der Waals surface area contributed by atoms with E-state index in [-0.39, 0.29) is 11.8 Å².